The van der Waals surface area contributed by atoms with Gasteiger partial charge in [-0.25, -0.2) is 0 Å². The highest BCUT2D eigenvalue weighted by Crippen LogP contribution is 2.36. The monoisotopic (exact) mass is 456 g/mol. The lowest BCUT2D eigenvalue weighted by atomic mass is 9.72. The van der Waals surface area contributed by atoms with Gasteiger partial charge in [0.2, 0.25) is 11.8 Å². The third-order valence-electron chi connectivity index (χ3n) is 6.65. The number of ether oxygens (including phenoxy) is 1. The van der Waals surface area contributed by atoms with Gasteiger partial charge >= 0.3 is 0 Å². The molecule has 0 spiro atoms. The molecule has 1 aliphatic heterocycles. The second-order valence-corrected chi connectivity index (χ2v) is 8.94. The summed E-state index contributed by atoms with van der Waals surface area (Å²) in [4.78, 5) is 27.2. The topological polar surface area (TPSA) is 58.6 Å². The average Bonchev–Trinajstić information content (AvgIpc) is 2.88. The van der Waals surface area contributed by atoms with Gasteiger partial charge in [0.15, 0.2) is 0 Å². The largest absolute Gasteiger partial charge is 0.372 e. The lowest BCUT2D eigenvalue weighted by Crippen LogP contribution is -2.52. The molecule has 0 radical (unpaired) electrons. The maximum Gasteiger partial charge on any atom is 0.231 e. The molecule has 0 unspecified atom stereocenters. The molecule has 1 saturated heterocycles. The second-order valence-electron chi connectivity index (χ2n) is 8.94. The molecule has 1 fully saturated rings. The molecule has 5 heteroatoms. The predicted molar refractivity (Wildman–Crippen MR) is 133 cm³/mol. The van der Waals surface area contributed by atoms with E-state index in [1.807, 2.05) is 71.6 Å². The Kier molecular flexibility index (Phi) is 7.76. The molecule has 1 aliphatic rings. The van der Waals surface area contributed by atoms with Crippen LogP contribution in [0.4, 0.5) is 0 Å². The fraction of sp³-hybridized carbons (Fsp3) is 0.310. The first-order chi connectivity index (χ1) is 16.6. The summed E-state index contributed by atoms with van der Waals surface area (Å²) in [5.41, 5.74) is 3.66. The number of amides is 2. The van der Waals surface area contributed by atoms with Gasteiger partial charge in [-0.05, 0) is 35.1 Å². The van der Waals surface area contributed by atoms with E-state index in [-0.39, 0.29) is 11.8 Å². The molecule has 1 heterocycles. The van der Waals surface area contributed by atoms with Crippen molar-refractivity contribution in [3.8, 4) is 0 Å². The number of nitrogens with one attached hydrogen (secondary N) is 1. The number of hydrogen-bond donors (Lipinski definition) is 1. The van der Waals surface area contributed by atoms with Crippen LogP contribution < -0.4 is 5.32 Å². The van der Waals surface area contributed by atoms with Crippen LogP contribution in [0.3, 0.4) is 0 Å². The van der Waals surface area contributed by atoms with E-state index in [9.17, 15) is 9.59 Å². The zero-order valence-electron chi connectivity index (χ0n) is 19.7. The van der Waals surface area contributed by atoms with E-state index in [2.05, 4.69) is 23.5 Å². The van der Waals surface area contributed by atoms with Gasteiger partial charge in [-0.2, -0.15) is 0 Å². The average molecular weight is 457 g/mol. The van der Waals surface area contributed by atoms with Crippen molar-refractivity contribution >= 4 is 11.8 Å². The van der Waals surface area contributed by atoms with Gasteiger partial charge in [-0.1, -0.05) is 84.9 Å². The molecule has 3 aromatic carbocycles. The van der Waals surface area contributed by atoms with E-state index in [1.165, 1.54) is 0 Å². The van der Waals surface area contributed by atoms with Gasteiger partial charge in [0.25, 0.3) is 0 Å². The van der Waals surface area contributed by atoms with E-state index in [4.69, 9.17) is 4.74 Å². The lowest BCUT2D eigenvalue weighted by molar-refractivity contribution is -0.135. The number of likely N-dealkylation sites (tertiary alicyclic amines) is 1. The Morgan fingerprint density at radius 1 is 0.824 bits per heavy atom. The van der Waals surface area contributed by atoms with Crippen LogP contribution in [0.2, 0.25) is 0 Å². The highest BCUT2D eigenvalue weighted by Gasteiger charge is 2.43. The Hall–Kier alpha value is -3.44. The first-order valence-electron chi connectivity index (χ1n) is 11.9. The van der Waals surface area contributed by atoms with Gasteiger partial charge in [-0.15, -0.1) is 0 Å². The maximum absolute atomic E-state index is 13.5. The molecule has 0 bridgehead atoms. The maximum atomic E-state index is 13.5. The summed E-state index contributed by atoms with van der Waals surface area (Å²) in [6.45, 7) is 4.31. The van der Waals surface area contributed by atoms with Gasteiger partial charge in [-0.3, -0.25) is 9.59 Å². The molecule has 0 aromatic heterocycles. The first-order valence-corrected chi connectivity index (χ1v) is 11.9. The van der Waals surface area contributed by atoms with Crippen LogP contribution in [0.15, 0.2) is 84.9 Å². The number of rotatable bonds is 8. The minimum absolute atomic E-state index is 0.0210. The van der Waals surface area contributed by atoms with Crippen LogP contribution in [0, 0.1) is 0 Å². The Balaban J connectivity index is 1.39. The van der Waals surface area contributed by atoms with Crippen molar-refractivity contribution in [1.29, 1.82) is 0 Å². The first kappa shape index (κ1) is 23.7. The van der Waals surface area contributed by atoms with E-state index < -0.39 is 5.41 Å². The predicted octanol–water partition coefficient (Wildman–Crippen LogP) is 4.60. The van der Waals surface area contributed by atoms with Gasteiger partial charge in [0.05, 0.1) is 18.6 Å². The van der Waals surface area contributed by atoms with E-state index in [0.717, 1.165) is 22.3 Å². The molecule has 2 amide bonds. The van der Waals surface area contributed by atoms with Crippen LogP contribution in [-0.2, 0) is 39.5 Å². The van der Waals surface area contributed by atoms with Crippen molar-refractivity contribution in [2.75, 3.05) is 13.1 Å². The van der Waals surface area contributed by atoms with Crippen LogP contribution in [-0.4, -0.2) is 29.8 Å². The Morgan fingerprint density at radius 3 is 2.09 bits per heavy atom. The van der Waals surface area contributed by atoms with Crippen molar-refractivity contribution in [3.63, 3.8) is 0 Å². The summed E-state index contributed by atoms with van der Waals surface area (Å²) in [7, 11) is 0. The minimum Gasteiger partial charge on any atom is -0.372 e. The minimum atomic E-state index is -0.621. The van der Waals surface area contributed by atoms with Crippen molar-refractivity contribution in [1.82, 2.24) is 10.2 Å². The molecule has 176 valence electrons. The molecule has 34 heavy (non-hydrogen) atoms. The quantitative estimate of drug-likeness (QED) is 0.539. The number of benzene rings is 3. The zero-order chi connectivity index (χ0) is 23.8. The second kappa shape index (κ2) is 11.1. The van der Waals surface area contributed by atoms with Crippen molar-refractivity contribution in [2.24, 2.45) is 0 Å². The van der Waals surface area contributed by atoms with E-state index >= 15 is 0 Å². The molecule has 3 aromatic rings. The van der Waals surface area contributed by atoms with Crippen LogP contribution in [0.1, 0.15) is 42.0 Å². The fourth-order valence-electron chi connectivity index (χ4n) is 4.65. The van der Waals surface area contributed by atoms with Gasteiger partial charge in [0.1, 0.15) is 0 Å². The fourth-order valence-corrected chi connectivity index (χ4v) is 4.65. The smallest absolute Gasteiger partial charge is 0.231 e. The van der Waals surface area contributed by atoms with Crippen LogP contribution in [0.25, 0.3) is 0 Å². The summed E-state index contributed by atoms with van der Waals surface area (Å²) in [6.07, 6.45) is 1.24. The number of piperidine rings is 1. The molecule has 0 saturated carbocycles. The highest BCUT2D eigenvalue weighted by molar-refractivity contribution is 5.88. The number of carbonyl (C=O) groups excluding carboxylic acids is 2. The highest BCUT2D eigenvalue weighted by atomic mass is 16.5. The molecule has 0 atom stereocenters. The molecule has 5 nitrogen and oxygen atoms in total. The molecular weight excluding hydrogens is 424 g/mol. The third kappa shape index (κ3) is 5.72. The number of hydrogen-bond acceptors (Lipinski definition) is 3. The molecule has 0 aliphatic carbocycles. The summed E-state index contributed by atoms with van der Waals surface area (Å²) in [5.74, 6) is 0.0843. The number of nitrogens with zero attached hydrogens (tertiary/aromatic N) is 1. The van der Waals surface area contributed by atoms with Crippen LogP contribution >= 0.6 is 0 Å². The van der Waals surface area contributed by atoms with E-state index in [1.54, 1.807) is 6.92 Å². The molecule has 4 rings (SSSR count). The zero-order valence-corrected chi connectivity index (χ0v) is 19.7. The Labute approximate surface area is 201 Å². The summed E-state index contributed by atoms with van der Waals surface area (Å²) >= 11 is 0. The summed E-state index contributed by atoms with van der Waals surface area (Å²) < 4.78 is 5.87. The standard InChI is InChI=1S/C29H32N2O3/c1-23(32)31-17-15-29(16-18-31,27-13-6-3-7-14-27)28(33)30-20-25-11-8-12-26(19-25)22-34-21-24-9-4-2-5-10-24/h2-14,19H,15-18,20-22H2,1H3,(H,30,33). The normalized spacial score (nSPS) is 15.0. The van der Waals surface area contributed by atoms with E-state index in [0.29, 0.717) is 45.7 Å². The Morgan fingerprint density at radius 2 is 1.41 bits per heavy atom. The summed E-state index contributed by atoms with van der Waals surface area (Å²) in [6, 6.07) is 28.2. The molecular formula is C29H32N2O3. The SMILES string of the molecule is CC(=O)N1CCC(C(=O)NCc2cccc(COCc3ccccc3)c2)(c2ccccc2)CC1. The van der Waals surface area contributed by atoms with Crippen molar-refractivity contribution in [3.05, 3.63) is 107 Å². The van der Waals surface area contributed by atoms with Crippen molar-refractivity contribution in [2.45, 2.75) is 44.9 Å². The van der Waals surface area contributed by atoms with Gasteiger partial charge in [0, 0.05) is 26.6 Å². The third-order valence-corrected chi connectivity index (χ3v) is 6.65. The lowest BCUT2D eigenvalue weighted by Gasteiger charge is -2.40. The van der Waals surface area contributed by atoms with Gasteiger partial charge < -0.3 is 15.0 Å². The Bertz CT molecular complexity index is 1090. The molecule has 1 N–H and O–H groups in total. The van der Waals surface area contributed by atoms with Crippen LogP contribution in [0.5, 0.6) is 0 Å². The summed E-state index contributed by atoms with van der Waals surface area (Å²) in [5, 5.41) is 3.18. The van der Waals surface area contributed by atoms with Crippen molar-refractivity contribution < 1.29 is 14.3 Å². The number of carbonyl (C=O) groups is 2.